The molecule has 0 heterocycles. The van der Waals surface area contributed by atoms with Crippen LogP contribution in [0.1, 0.15) is 37.0 Å². The molecule has 5 heteroatoms. The molecular formula is C13H16ClNO3. The molecule has 1 atom stereocenters. The van der Waals surface area contributed by atoms with Crippen LogP contribution in [-0.2, 0) is 4.79 Å². The number of benzene rings is 1. The van der Waals surface area contributed by atoms with E-state index in [0.717, 1.165) is 6.42 Å². The van der Waals surface area contributed by atoms with E-state index in [9.17, 15) is 9.59 Å². The van der Waals surface area contributed by atoms with E-state index in [1.807, 2.05) is 13.8 Å². The monoisotopic (exact) mass is 269 g/mol. The number of rotatable bonds is 5. The summed E-state index contributed by atoms with van der Waals surface area (Å²) in [6, 6.07) is 4.50. The highest BCUT2D eigenvalue weighted by molar-refractivity contribution is 6.34. The molecule has 4 nitrogen and oxygen atoms in total. The molecule has 0 aliphatic carbocycles. The van der Waals surface area contributed by atoms with Crippen molar-refractivity contribution in [3.05, 3.63) is 28.8 Å². The lowest BCUT2D eigenvalue weighted by atomic mass is 10.0. The Balaban J connectivity index is 2.90. The Bertz CT molecular complexity index is 460. The van der Waals surface area contributed by atoms with Crippen molar-refractivity contribution in [2.75, 3.05) is 5.32 Å². The van der Waals surface area contributed by atoms with E-state index in [4.69, 9.17) is 16.7 Å². The molecule has 0 bridgehead atoms. The highest BCUT2D eigenvalue weighted by Crippen LogP contribution is 2.26. The number of halogens is 1. The minimum atomic E-state index is -1.11. The van der Waals surface area contributed by atoms with Crippen molar-refractivity contribution >= 4 is 29.2 Å². The van der Waals surface area contributed by atoms with Gasteiger partial charge in [0.15, 0.2) is 0 Å². The maximum Gasteiger partial charge on any atom is 0.337 e. The van der Waals surface area contributed by atoms with E-state index in [2.05, 4.69) is 5.32 Å². The van der Waals surface area contributed by atoms with Gasteiger partial charge in [0.1, 0.15) is 0 Å². The fourth-order valence-electron chi connectivity index (χ4n) is 1.48. The number of anilines is 1. The molecule has 0 radical (unpaired) electrons. The van der Waals surface area contributed by atoms with Gasteiger partial charge in [0.25, 0.3) is 0 Å². The van der Waals surface area contributed by atoms with Crippen LogP contribution in [0, 0.1) is 5.92 Å². The Morgan fingerprint density at radius 3 is 2.67 bits per heavy atom. The van der Waals surface area contributed by atoms with Crippen LogP contribution in [-0.4, -0.2) is 17.0 Å². The molecule has 98 valence electrons. The maximum absolute atomic E-state index is 11.7. The molecule has 1 unspecified atom stereocenters. The number of hydrogen-bond donors (Lipinski definition) is 2. The van der Waals surface area contributed by atoms with Crippen LogP contribution in [0.15, 0.2) is 18.2 Å². The van der Waals surface area contributed by atoms with Gasteiger partial charge in [-0.3, -0.25) is 4.79 Å². The third-order valence-corrected chi connectivity index (χ3v) is 3.05. The lowest BCUT2D eigenvalue weighted by Crippen LogP contribution is -2.17. The fraction of sp³-hybridized carbons (Fsp3) is 0.385. The van der Waals surface area contributed by atoms with Crippen molar-refractivity contribution in [2.45, 2.75) is 26.7 Å². The largest absolute Gasteiger partial charge is 0.478 e. The van der Waals surface area contributed by atoms with Gasteiger partial charge >= 0.3 is 5.97 Å². The number of hydrogen-bond acceptors (Lipinski definition) is 2. The van der Waals surface area contributed by atoms with Crippen LogP contribution in [0.25, 0.3) is 0 Å². The zero-order valence-electron chi connectivity index (χ0n) is 10.4. The molecule has 1 rings (SSSR count). The number of nitrogens with one attached hydrogen (secondary N) is 1. The first kappa shape index (κ1) is 14.5. The molecule has 0 fully saturated rings. The summed E-state index contributed by atoms with van der Waals surface area (Å²) in [6.45, 7) is 3.96. The first-order valence-electron chi connectivity index (χ1n) is 5.77. The van der Waals surface area contributed by atoms with Crippen LogP contribution >= 0.6 is 11.6 Å². The van der Waals surface area contributed by atoms with E-state index >= 15 is 0 Å². The second kappa shape index (κ2) is 6.40. The van der Waals surface area contributed by atoms with Crippen molar-refractivity contribution in [3.63, 3.8) is 0 Å². The standard InChI is InChI=1S/C13H16ClNO3/c1-3-8(2)7-11(16)15-12-9(13(17)18)5-4-6-10(12)14/h4-6,8H,3,7H2,1-2H3,(H,15,16)(H,17,18). The minimum Gasteiger partial charge on any atom is -0.478 e. The maximum atomic E-state index is 11.7. The van der Waals surface area contributed by atoms with Gasteiger partial charge in [-0.15, -0.1) is 0 Å². The Kier molecular flexibility index (Phi) is 5.16. The first-order chi connectivity index (χ1) is 8.45. The molecule has 1 aromatic rings. The van der Waals surface area contributed by atoms with Gasteiger partial charge in [0.2, 0.25) is 5.91 Å². The second-order valence-corrected chi connectivity index (χ2v) is 4.64. The molecule has 18 heavy (non-hydrogen) atoms. The predicted octanol–water partition coefficient (Wildman–Crippen LogP) is 3.41. The Morgan fingerprint density at radius 2 is 2.11 bits per heavy atom. The summed E-state index contributed by atoms with van der Waals surface area (Å²) in [4.78, 5) is 22.8. The topological polar surface area (TPSA) is 66.4 Å². The molecule has 0 spiro atoms. The Hall–Kier alpha value is -1.55. The lowest BCUT2D eigenvalue weighted by molar-refractivity contribution is -0.117. The van der Waals surface area contributed by atoms with Gasteiger partial charge in [0.05, 0.1) is 16.3 Å². The smallest absolute Gasteiger partial charge is 0.337 e. The molecule has 1 aromatic carbocycles. The van der Waals surface area contributed by atoms with Crippen molar-refractivity contribution in [1.29, 1.82) is 0 Å². The Labute approximate surface area is 111 Å². The minimum absolute atomic E-state index is 0.00000142. The van der Waals surface area contributed by atoms with E-state index < -0.39 is 5.97 Å². The second-order valence-electron chi connectivity index (χ2n) is 4.23. The highest BCUT2D eigenvalue weighted by atomic mass is 35.5. The van der Waals surface area contributed by atoms with E-state index in [1.165, 1.54) is 12.1 Å². The number of carbonyl (C=O) groups is 2. The molecule has 0 aliphatic heterocycles. The van der Waals surface area contributed by atoms with Crippen molar-refractivity contribution < 1.29 is 14.7 Å². The van der Waals surface area contributed by atoms with Gasteiger partial charge < -0.3 is 10.4 Å². The fourth-order valence-corrected chi connectivity index (χ4v) is 1.70. The number of aromatic carboxylic acids is 1. The van der Waals surface area contributed by atoms with Crippen LogP contribution in [0.3, 0.4) is 0 Å². The third kappa shape index (κ3) is 3.74. The molecule has 2 N–H and O–H groups in total. The summed E-state index contributed by atoms with van der Waals surface area (Å²) in [6.07, 6.45) is 1.24. The third-order valence-electron chi connectivity index (χ3n) is 2.74. The molecule has 0 aromatic heterocycles. The van der Waals surface area contributed by atoms with Crippen molar-refractivity contribution in [2.24, 2.45) is 5.92 Å². The van der Waals surface area contributed by atoms with E-state index in [1.54, 1.807) is 6.07 Å². The van der Waals surface area contributed by atoms with Crippen LogP contribution in [0.4, 0.5) is 5.69 Å². The molecule has 0 saturated heterocycles. The first-order valence-corrected chi connectivity index (χ1v) is 6.15. The van der Waals surface area contributed by atoms with Gasteiger partial charge in [-0.2, -0.15) is 0 Å². The van der Waals surface area contributed by atoms with Gasteiger partial charge in [0, 0.05) is 6.42 Å². The predicted molar refractivity (Wildman–Crippen MR) is 71.1 cm³/mol. The SMILES string of the molecule is CCC(C)CC(=O)Nc1c(Cl)cccc1C(=O)O. The van der Waals surface area contributed by atoms with E-state index in [-0.39, 0.29) is 28.1 Å². The Morgan fingerprint density at radius 1 is 1.44 bits per heavy atom. The summed E-state index contributed by atoms with van der Waals surface area (Å²) in [5.74, 6) is -1.09. The zero-order valence-corrected chi connectivity index (χ0v) is 11.1. The van der Waals surface area contributed by atoms with Gasteiger partial charge in [-0.25, -0.2) is 4.79 Å². The normalized spacial score (nSPS) is 11.9. The van der Waals surface area contributed by atoms with E-state index in [0.29, 0.717) is 6.42 Å². The number of amides is 1. The lowest BCUT2D eigenvalue weighted by Gasteiger charge is -2.12. The molecule has 1 amide bonds. The average molecular weight is 270 g/mol. The number of carbonyl (C=O) groups excluding carboxylic acids is 1. The van der Waals surface area contributed by atoms with Crippen LogP contribution in [0.5, 0.6) is 0 Å². The summed E-state index contributed by atoms with van der Waals surface area (Å²) in [7, 11) is 0. The number of para-hydroxylation sites is 1. The van der Waals surface area contributed by atoms with Crippen LogP contribution < -0.4 is 5.32 Å². The number of carboxylic acids is 1. The van der Waals surface area contributed by atoms with Crippen molar-refractivity contribution in [1.82, 2.24) is 0 Å². The van der Waals surface area contributed by atoms with Crippen LogP contribution in [0.2, 0.25) is 5.02 Å². The summed E-state index contributed by atoms with van der Waals surface area (Å²) < 4.78 is 0. The highest BCUT2D eigenvalue weighted by Gasteiger charge is 2.16. The average Bonchev–Trinajstić information content (AvgIpc) is 2.31. The summed E-state index contributed by atoms with van der Waals surface area (Å²) in [5.41, 5.74) is 0.167. The molecule has 0 aliphatic rings. The summed E-state index contributed by atoms with van der Waals surface area (Å²) >= 11 is 5.91. The summed E-state index contributed by atoms with van der Waals surface area (Å²) in [5, 5.41) is 11.8. The molecule has 0 saturated carbocycles. The zero-order chi connectivity index (χ0) is 13.7. The van der Waals surface area contributed by atoms with Crippen molar-refractivity contribution in [3.8, 4) is 0 Å². The molecular weight excluding hydrogens is 254 g/mol. The quantitative estimate of drug-likeness (QED) is 0.861. The van der Waals surface area contributed by atoms with Gasteiger partial charge in [-0.1, -0.05) is 37.9 Å². The number of carboxylic acid groups (broad SMARTS) is 1. The van der Waals surface area contributed by atoms with Gasteiger partial charge in [-0.05, 0) is 18.1 Å².